The summed E-state index contributed by atoms with van der Waals surface area (Å²) in [6.07, 6.45) is 1.57. The number of hydrogen-bond donors (Lipinski definition) is 1. The Morgan fingerprint density at radius 3 is 3.00 bits per heavy atom. The van der Waals surface area contributed by atoms with Gasteiger partial charge in [-0.1, -0.05) is 6.92 Å². The molecule has 0 spiro atoms. The van der Waals surface area contributed by atoms with E-state index in [1.165, 1.54) is 12.1 Å². The van der Waals surface area contributed by atoms with Gasteiger partial charge in [-0.2, -0.15) is 0 Å². The summed E-state index contributed by atoms with van der Waals surface area (Å²) in [4.78, 5) is 2.20. The van der Waals surface area contributed by atoms with Crippen molar-refractivity contribution in [1.82, 2.24) is 4.90 Å². The first-order valence-electron chi connectivity index (χ1n) is 7.54. The number of nitrogens with two attached hydrogens (primary N) is 1. The van der Waals surface area contributed by atoms with Gasteiger partial charge in [0.2, 0.25) is 0 Å². The minimum atomic E-state index is -0.285. The van der Waals surface area contributed by atoms with Crippen LogP contribution in [0.5, 0.6) is 5.75 Å². The monoisotopic (exact) mass is 296 g/mol. The van der Waals surface area contributed by atoms with Crippen LogP contribution in [0.3, 0.4) is 0 Å². The van der Waals surface area contributed by atoms with Crippen LogP contribution in [-0.2, 0) is 11.2 Å². The van der Waals surface area contributed by atoms with Crippen LogP contribution in [0.4, 0.5) is 4.39 Å². The van der Waals surface area contributed by atoms with E-state index in [0.29, 0.717) is 25.4 Å². The maximum atomic E-state index is 13.6. The van der Waals surface area contributed by atoms with E-state index in [2.05, 4.69) is 11.9 Å². The number of benzene rings is 1. The number of likely N-dealkylation sites (N-methyl/N-ethyl adjacent to an activating group) is 1. The zero-order valence-electron chi connectivity index (χ0n) is 12.8. The molecule has 2 unspecified atom stereocenters. The maximum Gasteiger partial charge on any atom is 0.127 e. The highest BCUT2D eigenvalue weighted by Crippen LogP contribution is 2.19. The van der Waals surface area contributed by atoms with E-state index in [-0.39, 0.29) is 18.0 Å². The van der Waals surface area contributed by atoms with E-state index in [9.17, 15) is 4.39 Å². The van der Waals surface area contributed by atoms with Crippen LogP contribution in [0.2, 0.25) is 0 Å². The molecule has 1 aromatic carbocycles. The minimum absolute atomic E-state index is 0.0355. The molecular formula is C16H25FN2O2. The van der Waals surface area contributed by atoms with Gasteiger partial charge in [0.1, 0.15) is 24.3 Å². The first-order chi connectivity index (χ1) is 10.1. The zero-order valence-corrected chi connectivity index (χ0v) is 12.8. The quantitative estimate of drug-likeness (QED) is 0.870. The van der Waals surface area contributed by atoms with Crippen LogP contribution < -0.4 is 10.5 Å². The molecule has 1 heterocycles. The van der Waals surface area contributed by atoms with Crippen molar-refractivity contribution < 1.29 is 13.9 Å². The lowest BCUT2D eigenvalue weighted by atomic mass is 10.0. The smallest absolute Gasteiger partial charge is 0.127 e. The van der Waals surface area contributed by atoms with E-state index in [1.54, 1.807) is 0 Å². The lowest BCUT2D eigenvalue weighted by Gasteiger charge is -2.29. The molecule has 0 bridgehead atoms. The number of hydrogen-bond acceptors (Lipinski definition) is 4. The minimum Gasteiger partial charge on any atom is -0.491 e. The number of halogens is 1. The first kappa shape index (κ1) is 16.2. The lowest BCUT2D eigenvalue weighted by Crippen LogP contribution is -2.42. The SMILES string of the molecule is CCC(N)Cc1cc(F)cc(OCC2CN(C)CCO2)c1. The second-order valence-corrected chi connectivity index (χ2v) is 5.73. The van der Waals surface area contributed by atoms with Crippen molar-refractivity contribution in [3.8, 4) is 5.75 Å². The summed E-state index contributed by atoms with van der Waals surface area (Å²) in [5, 5.41) is 0. The molecule has 1 aliphatic heterocycles. The summed E-state index contributed by atoms with van der Waals surface area (Å²) >= 11 is 0. The molecule has 118 valence electrons. The van der Waals surface area contributed by atoms with Crippen molar-refractivity contribution in [2.75, 3.05) is 33.4 Å². The first-order valence-corrected chi connectivity index (χ1v) is 7.54. The van der Waals surface area contributed by atoms with Crippen molar-refractivity contribution in [3.63, 3.8) is 0 Å². The van der Waals surface area contributed by atoms with Crippen LogP contribution in [0, 0.1) is 5.82 Å². The van der Waals surface area contributed by atoms with E-state index in [0.717, 1.165) is 25.1 Å². The normalized spacial score (nSPS) is 21.2. The van der Waals surface area contributed by atoms with Gasteiger partial charge in [-0.05, 0) is 37.6 Å². The highest BCUT2D eigenvalue weighted by molar-refractivity contribution is 5.30. The average molecular weight is 296 g/mol. The maximum absolute atomic E-state index is 13.6. The van der Waals surface area contributed by atoms with E-state index < -0.39 is 0 Å². The van der Waals surface area contributed by atoms with Gasteiger partial charge >= 0.3 is 0 Å². The molecule has 2 rings (SSSR count). The molecule has 1 aromatic rings. The fourth-order valence-corrected chi connectivity index (χ4v) is 2.43. The Bertz CT molecular complexity index is 456. The van der Waals surface area contributed by atoms with Crippen molar-refractivity contribution in [2.24, 2.45) is 5.73 Å². The Labute approximate surface area is 126 Å². The van der Waals surface area contributed by atoms with Gasteiger partial charge in [0.25, 0.3) is 0 Å². The third kappa shape index (κ3) is 5.26. The Morgan fingerprint density at radius 2 is 2.29 bits per heavy atom. The van der Waals surface area contributed by atoms with Crippen LogP contribution in [0.25, 0.3) is 0 Å². The highest BCUT2D eigenvalue weighted by atomic mass is 19.1. The van der Waals surface area contributed by atoms with Gasteiger partial charge in [-0.15, -0.1) is 0 Å². The molecule has 0 radical (unpaired) electrons. The molecule has 0 saturated carbocycles. The highest BCUT2D eigenvalue weighted by Gasteiger charge is 2.18. The van der Waals surface area contributed by atoms with Gasteiger partial charge < -0.3 is 20.1 Å². The summed E-state index contributed by atoms with van der Waals surface area (Å²) in [6, 6.07) is 4.85. The molecule has 0 amide bonds. The Morgan fingerprint density at radius 1 is 1.48 bits per heavy atom. The summed E-state index contributed by atoms with van der Waals surface area (Å²) in [5.41, 5.74) is 6.80. The third-order valence-corrected chi connectivity index (χ3v) is 3.73. The Hall–Kier alpha value is -1.17. The summed E-state index contributed by atoms with van der Waals surface area (Å²) in [6.45, 7) is 4.95. The number of rotatable bonds is 6. The molecule has 1 aliphatic rings. The lowest BCUT2D eigenvalue weighted by molar-refractivity contribution is -0.0404. The Balaban J connectivity index is 1.93. The molecule has 5 heteroatoms. The largest absolute Gasteiger partial charge is 0.491 e. The van der Waals surface area contributed by atoms with Crippen LogP contribution in [0.15, 0.2) is 18.2 Å². The molecule has 4 nitrogen and oxygen atoms in total. The van der Waals surface area contributed by atoms with Crippen LogP contribution >= 0.6 is 0 Å². The van der Waals surface area contributed by atoms with E-state index >= 15 is 0 Å². The van der Waals surface area contributed by atoms with Gasteiger partial charge in [0, 0.05) is 25.2 Å². The third-order valence-electron chi connectivity index (χ3n) is 3.73. The molecule has 0 aliphatic carbocycles. The van der Waals surface area contributed by atoms with Crippen molar-refractivity contribution in [3.05, 3.63) is 29.6 Å². The fourth-order valence-electron chi connectivity index (χ4n) is 2.43. The predicted octanol–water partition coefficient (Wildman–Crippen LogP) is 1.81. The van der Waals surface area contributed by atoms with Gasteiger partial charge in [0.05, 0.1) is 6.61 Å². The van der Waals surface area contributed by atoms with Crippen LogP contribution in [-0.4, -0.2) is 50.4 Å². The standard InChI is InChI=1S/C16H25FN2O2/c1-3-14(18)7-12-6-13(17)9-15(8-12)21-11-16-10-19(2)4-5-20-16/h6,8-9,14,16H,3-5,7,10-11,18H2,1-2H3. The predicted molar refractivity (Wildman–Crippen MR) is 81.1 cm³/mol. The molecule has 0 aromatic heterocycles. The van der Waals surface area contributed by atoms with Crippen LogP contribution in [0.1, 0.15) is 18.9 Å². The number of morpholine rings is 1. The molecule has 1 saturated heterocycles. The van der Waals surface area contributed by atoms with Gasteiger partial charge in [-0.3, -0.25) is 0 Å². The number of ether oxygens (including phenoxy) is 2. The van der Waals surface area contributed by atoms with E-state index in [4.69, 9.17) is 15.2 Å². The van der Waals surface area contributed by atoms with Gasteiger partial charge in [0.15, 0.2) is 0 Å². The van der Waals surface area contributed by atoms with Crippen molar-refractivity contribution in [1.29, 1.82) is 0 Å². The van der Waals surface area contributed by atoms with Crippen molar-refractivity contribution >= 4 is 0 Å². The molecule has 2 N–H and O–H groups in total. The summed E-state index contributed by atoms with van der Waals surface area (Å²) in [5.74, 6) is 0.262. The zero-order chi connectivity index (χ0) is 15.2. The van der Waals surface area contributed by atoms with E-state index in [1.807, 2.05) is 13.0 Å². The molecular weight excluding hydrogens is 271 g/mol. The average Bonchev–Trinajstić information content (AvgIpc) is 2.44. The second kappa shape index (κ2) is 7.73. The van der Waals surface area contributed by atoms with Crippen molar-refractivity contribution in [2.45, 2.75) is 31.9 Å². The second-order valence-electron chi connectivity index (χ2n) is 5.73. The Kier molecular flexibility index (Phi) is 5.96. The molecule has 2 atom stereocenters. The topological polar surface area (TPSA) is 47.7 Å². The fraction of sp³-hybridized carbons (Fsp3) is 0.625. The number of nitrogens with zero attached hydrogens (tertiary/aromatic N) is 1. The molecule has 21 heavy (non-hydrogen) atoms. The van der Waals surface area contributed by atoms with Gasteiger partial charge in [-0.25, -0.2) is 4.39 Å². The molecule has 1 fully saturated rings. The summed E-state index contributed by atoms with van der Waals surface area (Å²) < 4.78 is 25.0. The summed E-state index contributed by atoms with van der Waals surface area (Å²) in [7, 11) is 2.06.